The molecule has 0 fully saturated rings. The maximum atomic E-state index is 12.8. The van der Waals surface area contributed by atoms with Crippen molar-refractivity contribution in [1.29, 1.82) is 0 Å². The van der Waals surface area contributed by atoms with Crippen LogP contribution in [0.15, 0.2) is 72.9 Å². The van der Waals surface area contributed by atoms with Gasteiger partial charge in [-0.1, -0.05) is 36.4 Å². The highest BCUT2D eigenvalue weighted by Gasteiger charge is 2.28. The molecule has 0 saturated heterocycles. The number of aromatic amines is 1. The van der Waals surface area contributed by atoms with Crippen molar-refractivity contribution >= 4 is 28.2 Å². The fourth-order valence-electron chi connectivity index (χ4n) is 5.08. The van der Waals surface area contributed by atoms with Crippen LogP contribution in [0.3, 0.4) is 0 Å². The minimum atomic E-state index is -0.157. The van der Waals surface area contributed by atoms with Gasteiger partial charge in [-0.05, 0) is 66.3 Å². The van der Waals surface area contributed by atoms with Crippen LogP contribution in [-0.4, -0.2) is 40.6 Å². The lowest BCUT2D eigenvalue weighted by molar-refractivity contribution is 0.102. The van der Waals surface area contributed by atoms with Crippen molar-refractivity contribution in [2.24, 2.45) is 0 Å². The number of anilines is 2. The van der Waals surface area contributed by atoms with Gasteiger partial charge in [-0.25, -0.2) is 0 Å². The number of carbonyl (C=O) groups is 1. The molecule has 34 heavy (non-hydrogen) atoms. The van der Waals surface area contributed by atoms with Crippen molar-refractivity contribution in [1.82, 2.24) is 9.88 Å². The Kier molecular flexibility index (Phi) is 6.34. The SMILES string of the molecule is Nc1ccccc1NC(=O)c1ccc2c(c1)CCC2N(CCO)CCc1c[nH]c2ccccc12. The van der Waals surface area contributed by atoms with E-state index < -0.39 is 0 Å². The van der Waals surface area contributed by atoms with E-state index in [-0.39, 0.29) is 18.6 Å². The molecule has 174 valence electrons. The topological polar surface area (TPSA) is 94.4 Å². The molecule has 0 spiro atoms. The minimum absolute atomic E-state index is 0.124. The zero-order valence-electron chi connectivity index (χ0n) is 19.1. The molecule has 1 aliphatic carbocycles. The molecule has 0 saturated carbocycles. The Morgan fingerprint density at radius 1 is 1.09 bits per heavy atom. The second-order valence-electron chi connectivity index (χ2n) is 8.88. The first kappa shape index (κ1) is 22.2. The monoisotopic (exact) mass is 454 g/mol. The second kappa shape index (κ2) is 9.71. The van der Waals surface area contributed by atoms with Gasteiger partial charge in [-0.3, -0.25) is 9.69 Å². The van der Waals surface area contributed by atoms with Gasteiger partial charge in [-0.2, -0.15) is 0 Å². The third-order valence-corrected chi connectivity index (χ3v) is 6.83. The van der Waals surface area contributed by atoms with E-state index in [1.165, 1.54) is 22.1 Å². The summed E-state index contributed by atoms with van der Waals surface area (Å²) in [6, 6.07) is 21.8. The number of para-hydroxylation sites is 3. The lowest BCUT2D eigenvalue weighted by Gasteiger charge is -2.29. The van der Waals surface area contributed by atoms with Crippen LogP contribution in [0.2, 0.25) is 0 Å². The number of carbonyl (C=O) groups excluding carboxylic acids is 1. The van der Waals surface area contributed by atoms with E-state index >= 15 is 0 Å². The summed E-state index contributed by atoms with van der Waals surface area (Å²) < 4.78 is 0. The van der Waals surface area contributed by atoms with Gasteiger partial charge >= 0.3 is 0 Å². The van der Waals surface area contributed by atoms with Crippen molar-refractivity contribution in [3.63, 3.8) is 0 Å². The summed E-state index contributed by atoms with van der Waals surface area (Å²) in [5.74, 6) is -0.157. The molecule has 4 aromatic rings. The molecule has 6 heteroatoms. The molecule has 1 amide bonds. The molecule has 1 aromatic heterocycles. The van der Waals surface area contributed by atoms with Gasteiger partial charge in [0.15, 0.2) is 0 Å². The van der Waals surface area contributed by atoms with Crippen molar-refractivity contribution in [3.8, 4) is 0 Å². The van der Waals surface area contributed by atoms with Gasteiger partial charge in [-0.15, -0.1) is 0 Å². The quantitative estimate of drug-likeness (QED) is 0.294. The van der Waals surface area contributed by atoms with E-state index in [4.69, 9.17) is 5.73 Å². The molecule has 3 aromatic carbocycles. The van der Waals surface area contributed by atoms with E-state index in [0.29, 0.717) is 23.5 Å². The normalized spacial score (nSPS) is 15.1. The molecular formula is C28H30N4O2. The molecule has 0 aliphatic heterocycles. The van der Waals surface area contributed by atoms with Gasteiger partial charge in [0, 0.05) is 41.8 Å². The van der Waals surface area contributed by atoms with Gasteiger partial charge in [0.2, 0.25) is 0 Å². The molecule has 0 radical (unpaired) electrons. The van der Waals surface area contributed by atoms with Gasteiger partial charge in [0.25, 0.3) is 5.91 Å². The van der Waals surface area contributed by atoms with Crippen molar-refractivity contribution in [2.45, 2.75) is 25.3 Å². The summed E-state index contributed by atoms with van der Waals surface area (Å²) in [5, 5.41) is 13.9. The number of rotatable bonds is 8. The van der Waals surface area contributed by atoms with Crippen molar-refractivity contribution in [3.05, 3.63) is 95.2 Å². The Hall–Kier alpha value is -3.61. The van der Waals surface area contributed by atoms with Crippen LogP contribution < -0.4 is 11.1 Å². The van der Waals surface area contributed by atoms with Gasteiger partial charge < -0.3 is 21.1 Å². The van der Waals surface area contributed by atoms with Gasteiger partial charge in [0.05, 0.1) is 18.0 Å². The van der Waals surface area contributed by atoms with E-state index in [1.54, 1.807) is 12.1 Å². The predicted molar refractivity (Wildman–Crippen MR) is 137 cm³/mol. The number of nitrogens with one attached hydrogen (secondary N) is 2. The number of amides is 1. The predicted octanol–water partition coefficient (Wildman–Crippen LogP) is 4.53. The molecular weight excluding hydrogens is 424 g/mol. The summed E-state index contributed by atoms with van der Waals surface area (Å²) in [7, 11) is 0. The maximum absolute atomic E-state index is 12.8. The number of aromatic nitrogens is 1. The fraction of sp³-hybridized carbons (Fsp3) is 0.250. The Bertz CT molecular complexity index is 1310. The Morgan fingerprint density at radius 3 is 2.76 bits per heavy atom. The number of nitrogen functional groups attached to an aromatic ring is 1. The van der Waals surface area contributed by atoms with Crippen LogP contribution in [0.5, 0.6) is 0 Å². The number of aliphatic hydroxyl groups is 1. The molecule has 1 aliphatic rings. The first-order chi connectivity index (χ1) is 16.6. The van der Waals surface area contributed by atoms with Crippen molar-refractivity contribution < 1.29 is 9.90 Å². The van der Waals surface area contributed by atoms with Crippen LogP contribution in [0.4, 0.5) is 11.4 Å². The van der Waals surface area contributed by atoms with E-state index in [2.05, 4.69) is 45.7 Å². The number of benzene rings is 3. The number of hydrogen-bond donors (Lipinski definition) is 4. The average molecular weight is 455 g/mol. The summed E-state index contributed by atoms with van der Waals surface area (Å²) >= 11 is 0. The first-order valence-electron chi connectivity index (χ1n) is 11.8. The number of H-pyrrole nitrogens is 1. The molecule has 1 atom stereocenters. The molecule has 0 bridgehead atoms. The lowest BCUT2D eigenvalue weighted by atomic mass is 10.0. The Labute approximate surface area is 199 Å². The largest absolute Gasteiger partial charge is 0.397 e. The number of aliphatic hydroxyl groups excluding tert-OH is 1. The van der Waals surface area contributed by atoms with E-state index in [1.807, 2.05) is 30.3 Å². The summed E-state index contributed by atoms with van der Waals surface area (Å²) in [6.45, 7) is 1.61. The summed E-state index contributed by atoms with van der Waals surface area (Å²) in [4.78, 5) is 18.5. The van der Waals surface area contributed by atoms with E-state index in [9.17, 15) is 9.90 Å². The van der Waals surface area contributed by atoms with Crippen LogP contribution in [0.1, 0.15) is 39.5 Å². The highest BCUT2D eigenvalue weighted by Crippen LogP contribution is 2.36. The number of fused-ring (bicyclic) bond motifs is 2. The lowest BCUT2D eigenvalue weighted by Crippen LogP contribution is -2.32. The van der Waals surface area contributed by atoms with Crippen LogP contribution >= 0.6 is 0 Å². The average Bonchev–Trinajstić information content (AvgIpc) is 3.47. The Morgan fingerprint density at radius 2 is 1.91 bits per heavy atom. The van der Waals surface area contributed by atoms with Crippen molar-refractivity contribution in [2.75, 3.05) is 30.7 Å². The number of aryl methyl sites for hydroxylation is 1. The van der Waals surface area contributed by atoms with Crippen LogP contribution in [-0.2, 0) is 12.8 Å². The third kappa shape index (κ3) is 4.42. The molecule has 1 unspecified atom stereocenters. The van der Waals surface area contributed by atoms with Gasteiger partial charge in [0.1, 0.15) is 0 Å². The molecule has 5 rings (SSSR count). The molecule has 6 nitrogen and oxygen atoms in total. The summed E-state index contributed by atoms with van der Waals surface area (Å²) in [6.07, 6.45) is 4.91. The summed E-state index contributed by atoms with van der Waals surface area (Å²) in [5.41, 5.74) is 12.7. The number of nitrogens with two attached hydrogens (primary N) is 1. The maximum Gasteiger partial charge on any atom is 0.255 e. The smallest absolute Gasteiger partial charge is 0.255 e. The zero-order valence-corrected chi connectivity index (χ0v) is 19.1. The standard InChI is InChI=1S/C28H30N4O2/c29-24-6-2-4-8-26(24)31-28(34)20-9-11-23-19(17-20)10-12-27(23)32(15-16-33)14-13-21-18-30-25-7-3-1-5-22(21)25/h1-9,11,17-18,27,30,33H,10,12-16,29H2,(H,31,34). The molecule has 5 N–H and O–H groups in total. The Balaban J connectivity index is 1.31. The van der Waals surface area contributed by atoms with Crippen LogP contribution in [0, 0.1) is 0 Å². The molecule has 1 heterocycles. The number of nitrogens with zero attached hydrogens (tertiary/aromatic N) is 1. The highest BCUT2D eigenvalue weighted by atomic mass is 16.3. The fourth-order valence-corrected chi connectivity index (χ4v) is 5.08. The number of hydrogen-bond acceptors (Lipinski definition) is 4. The highest BCUT2D eigenvalue weighted by molar-refractivity contribution is 6.05. The first-order valence-corrected chi connectivity index (χ1v) is 11.8. The van der Waals surface area contributed by atoms with Crippen LogP contribution in [0.25, 0.3) is 10.9 Å². The third-order valence-electron chi connectivity index (χ3n) is 6.83. The zero-order chi connectivity index (χ0) is 23.5. The second-order valence-corrected chi connectivity index (χ2v) is 8.88. The van der Waals surface area contributed by atoms with E-state index in [0.717, 1.165) is 31.3 Å². The minimum Gasteiger partial charge on any atom is -0.397 e.